The van der Waals surface area contributed by atoms with E-state index in [-0.39, 0.29) is 6.04 Å². The van der Waals surface area contributed by atoms with Gasteiger partial charge in [0.2, 0.25) is 10.0 Å². The molecule has 0 spiro atoms. The smallest absolute Gasteiger partial charge is 0.240 e. The largest absolute Gasteiger partial charge is 0.497 e. The molecule has 3 N–H and O–H groups in total. The Bertz CT molecular complexity index is 923. The summed E-state index contributed by atoms with van der Waals surface area (Å²) in [5.41, 5.74) is 2.05. The molecule has 0 bridgehead atoms. The first-order chi connectivity index (χ1) is 13.5. The molecule has 28 heavy (non-hydrogen) atoms. The van der Waals surface area contributed by atoms with Crippen LogP contribution in [0.15, 0.2) is 58.4 Å². The van der Waals surface area contributed by atoms with Gasteiger partial charge in [-0.05, 0) is 48.2 Å². The lowest BCUT2D eigenvalue weighted by molar-refractivity contribution is 0.414. The van der Waals surface area contributed by atoms with Crippen molar-refractivity contribution in [1.82, 2.24) is 15.4 Å². The van der Waals surface area contributed by atoms with Crippen LogP contribution in [0.4, 0.5) is 0 Å². The van der Waals surface area contributed by atoms with E-state index in [1.807, 2.05) is 36.4 Å². The lowest BCUT2D eigenvalue weighted by Gasteiger charge is -2.13. The van der Waals surface area contributed by atoms with Crippen LogP contribution >= 0.6 is 0 Å². The quantitative estimate of drug-likeness (QED) is 0.464. The highest BCUT2D eigenvalue weighted by Gasteiger charge is 2.27. The van der Waals surface area contributed by atoms with Gasteiger partial charge in [-0.3, -0.25) is 4.99 Å². The summed E-state index contributed by atoms with van der Waals surface area (Å²) in [6, 6.07) is 14.8. The summed E-state index contributed by atoms with van der Waals surface area (Å²) in [5.74, 6) is 1.48. The number of nitrogens with zero attached hydrogens (tertiary/aromatic N) is 1. The third-order valence-electron chi connectivity index (χ3n) is 4.41. The molecule has 1 fully saturated rings. The zero-order valence-electron chi connectivity index (χ0n) is 16.1. The first kappa shape index (κ1) is 20.2. The van der Waals surface area contributed by atoms with Crippen LogP contribution in [0.2, 0.25) is 0 Å². The molecule has 0 heterocycles. The third kappa shape index (κ3) is 5.71. The number of guanidine groups is 1. The van der Waals surface area contributed by atoms with Crippen molar-refractivity contribution in [2.75, 3.05) is 14.2 Å². The average molecular weight is 403 g/mol. The van der Waals surface area contributed by atoms with Crippen LogP contribution in [-0.4, -0.2) is 34.6 Å². The van der Waals surface area contributed by atoms with E-state index < -0.39 is 10.0 Å². The molecule has 0 amide bonds. The molecule has 0 radical (unpaired) electrons. The lowest BCUT2D eigenvalue weighted by Crippen LogP contribution is -2.36. The fraction of sp³-hybridized carbons (Fsp3) is 0.350. The van der Waals surface area contributed by atoms with Gasteiger partial charge in [-0.1, -0.05) is 24.3 Å². The molecule has 3 rings (SSSR count). The molecule has 1 aliphatic rings. The highest BCUT2D eigenvalue weighted by Crippen LogP contribution is 2.22. The van der Waals surface area contributed by atoms with E-state index in [2.05, 4.69) is 20.3 Å². The fourth-order valence-electron chi connectivity index (χ4n) is 2.65. The third-order valence-corrected chi connectivity index (χ3v) is 5.95. The van der Waals surface area contributed by atoms with Gasteiger partial charge in [-0.15, -0.1) is 0 Å². The van der Waals surface area contributed by atoms with E-state index in [1.165, 1.54) is 0 Å². The molecule has 8 heteroatoms. The molecule has 0 aromatic heterocycles. The predicted octanol–water partition coefficient (Wildman–Crippen LogP) is 2.00. The summed E-state index contributed by atoms with van der Waals surface area (Å²) < 4.78 is 32.3. The van der Waals surface area contributed by atoms with Gasteiger partial charge < -0.3 is 15.4 Å². The van der Waals surface area contributed by atoms with E-state index >= 15 is 0 Å². The molecular weight excluding hydrogens is 376 g/mol. The molecular formula is C20H26N4O3S. The Morgan fingerprint density at radius 2 is 1.75 bits per heavy atom. The van der Waals surface area contributed by atoms with Gasteiger partial charge in [0.15, 0.2) is 5.96 Å². The van der Waals surface area contributed by atoms with Crippen molar-refractivity contribution in [2.24, 2.45) is 4.99 Å². The van der Waals surface area contributed by atoms with Crippen LogP contribution in [-0.2, 0) is 23.1 Å². The van der Waals surface area contributed by atoms with Crippen molar-refractivity contribution in [2.45, 2.75) is 36.9 Å². The molecule has 0 aliphatic heterocycles. The summed E-state index contributed by atoms with van der Waals surface area (Å²) in [4.78, 5) is 4.51. The Balaban J connectivity index is 1.51. The van der Waals surface area contributed by atoms with Gasteiger partial charge in [-0.25, -0.2) is 13.1 Å². The van der Waals surface area contributed by atoms with Crippen LogP contribution in [0.3, 0.4) is 0 Å². The lowest BCUT2D eigenvalue weighted by atomic mass is 10.2. The average Bonchev–Trinajstić information content (AvgIpc) is 3.52. The van der Waals surface area contributed by atoms with Crippen molar-refractivity contribution >= 4 is 16.0 Å². The summed E-state index contributed by atoms with van der Waals surface area (Å²) in [6.07, 6.45) is 1.84. The van der Waals surface area contributed by atoms with Crippen LogP contribution < -0.4 is 20.1 Å². The fourth-order valence-corrected chi connectivity index (χ4v) is 3.95. The minimum absolute atomic E-state index is 0.102. The zero-order valence-corrected chi connectivity index (χ0v) is 16.9. The SMILES string of the molecule is CN=C(NCc1ccc(S(=O)(=O)NC2CC2)cc1)NCc1cccc(OC)c1. The number of hydrogen-bond donors (Lipinski definition) is 3. The molecule has 1 saturated carbocycles. The van der Waals surface area contributed by atoms with Crippen LogP contribution in [0, 0.1) is 0 Å². The zero-order chi connectivity index (χ0) is 20.0. The predicted molar refractivity (Wildman–Crippen MR) is 110 cm³/mol. The highest BCUT2D eigenvalue weighted by atomic mass is 32.2. The molecule has 1 aliphatic carbocycles. The summed E-state index contributed by atoms with van der Waals surface area (Å²) in [5, 5.41) is 6.48. The maximum absolute atomic E-state index is 12.2. The number of hydrogen-bond acceptors (Lipinski definition) is 4. The van der Waals surface area contributed by atoms with Gasteiger partial charge in [0, 0.05) is 26.2 Å². The molecule has 2 aromatic carbocycles. The Labute approximate surface area is 166 Å². The van der Waals surface area contributed by atoms with Gasteiger partial charge in [-0.2, -0.15) is 0 Å². The van der Waals surface area contributed by atoms with E-state index in [4.69, 9.17) is 4.74 Å². The van der Waals surface area contributed by atoms with Crippen LogP contribution in [0.25, 0.3) is 0 Å². The summed E-state index contributed by atoms with van der Waals surface area (Å²) in [7, 11) is -0.0586. The molecule has 0 atom stereocenters. The number of benzene rings is 2. The first-order valence-electron chi connectivity index (χ1n) is 9.19. The molecule has 2 aromatic rings. The van der Waals surface area contributed by atoms with Crippen molar-refractivity contribution in [1.29, 1.82) is 0 Å². The second kappa shape index (κ2) is 9.07. The Hall–Kier alpha value is -2.58. The number of aliphatic imine (C=N–C) groups is 1. The standard InChI is InChI=1S/C20H26N4O3S/c1-21-20(23-14-16-4-3-5-18(12-16)27-2)22-13-15-6-10-19(11-7-15)28(25,26)24-17-8-9-17/h3-7,10-12,17,24H,8-9,13-14H2,1-2H3,(H2,21,22,23). The molecule has 0 unspecified atom stereocenters. The Kier molecular flexibility index (Phi) is 6.53. The van der Waals surface area contributed by atoms with Crippen molar-refractivity contribution < 1.29 is 13.2 Å². The Morgan fingerprint density at radius 1 is 1.07 bits per heavy atom. The molecule has 7 nitrogen and oxygen atoms in total. The van der Waals surface area contributed by atoms with Crippen LogP contribution in [0.1, 0.15) is 24.0 Å². The van der Waals surface area contributed by atoms with Gasteiger partial charge in [0.25, 0.3) is 0 Å². The summed E-state index contributed by atoms with van der Waals surface area (Å²) >= 11 is 0. The number of rotatable bonds is 8. The maximum atomic E-state index is 12.2. The number of ether oxygens (including phenoxy) is 1. The van der Waals surface area contributed by atoms with E-state index in [1.54, 1.807) is 26.3 Å². The van der Waals surface area contributed by atoms with Crippen molar-refractivity contribution in [3.05, 3.63) is 59.7 Å². The minimum Gasteiger partial charge on any atom is -0.497 e. The van der Waals surface area contributed by atoms with E-state index in [0.717, 1.165) is 29.7 Å². The Morgan fingerprint density at radius 3 is 2.36 bits per heavy atom. The highest BCUT2D eigenvalue weighted by molar-refractivity contribution is 7.89. The number of methoxy groups -OCH3 is 1. The molecule has 0 saturated heterocycles. The monoisotopic (exact) mass is 402 g/mol. The van der Waals surface area contributed by atoms with E-state index in [0.29, 0.717) is 23.9 Å². The van der Waals surface area contributed by atoms with Gasteiger partial charge in [0.1, 0.15) is 5.75 Å². The number of nitrogens with one attached hydrogen (secondary N) is 3. The minimum atomic E-state index is -3.41. The van der Waals surface area contributed by atoms with Crippen LogP contribution in [0.5, 0.6) is 5.75 Å². The van der Waals surface area contributed by atoms with Gasteiger partial charge >= 0.3 is 0 Å². The first-order valence-corrected chi connectivity index (χ1v) is 10.7. The maximum Gasteiger partial charge on any atom is 0.240 e. The summed E-state index contributed by atoms with van der Waals surface area (Å²) in [6.45, 7) is 1.15. The topological polar surface area (TPSA) is 91.8 Å². The second-order valence-electron chi connectivity index (χ2n) is 6.67. The van der Waals surface area contributed by atoms with E-state index in [9.17, 15) is 8.42 Å². The second-order valence-corrected chi connectivity index (χ2v) is 8.38. The van der Waals surface area contributed by atoms with Gasteiger partial charge in [0.05, 0.1) is 12.0 Å². The molecule has 150 valence electrons. The van der Waals surface area contributed by atoms with Crippen molar-refractivity contribution in [3.63, 3.8) is 0 Å². The normalized spacial score (nSPS) is 14.6. The number of sulfonamides is 1. The van der Waals surface area contributed by atoms with Crippen molar-refractivity contribution in [3.8, 4) is 5.75 Å².